The number of alkyl halides is 3. The van der Waals surface area contributed by atoms with Crippen molar-refractivity contribution < 1.29 is 23.4 Å². The molecule has 0 bridgehead atoms. The molecule has 0 spiro atoms. The van der Waals surface area contributed by atoms with E-state index in [1.165, 1.54) is 36.5 Å². The van der Waals surface area contributed by atoms with E-state index >= 15 is 0 Å². The predicted octanol–water partition coefficient (Wildman–Crippen LogP) is 2.94. The third-order valence-electron chi connectivity index (χ3n) is 4.06. The fraction of sp³-hybridized carbons (Fsp3) is 0.278. The highest BCUT2D eigenvalue weighted by atomic mass is 35.5. The fourth-order valence-electron chi connectivity index (χ4n) is 2.79. The van der Waals surface area contributed by atoms with Crippen LogP contribution in [0.2, 0.25) is 0 Å². The molecular formula is C18H15ClF2N4O3. The molecule has 1 aliphatic rings. The smallest absolute Gasteiger partial charge is 0.420 e. The largest absolute Gasteiger partial charge is 0.487 e. The van der Waals surface area contributed by atoms with Crippen LogP contribution in [-0.4, -0.2) is 40.8 Å². The van der Waals surface area contributed by atoms with Crippen molar-refractivity contribution in [1.82, 2.24) is 4.98 Å². The van der Waals surface area contributed by atoms with Crippen LogP contribution in [-0.2, 0) is 0 Å². The van der Waals surface area contributed by atoms with Crippen molar-refractivity contribution in [2.75, 3.05) is 23.3 Å². The first-order chi connectivity index (χ1) is 13.2. The number of ether oxygens (including phenoxy) is 1. The number of carbonyl (C=O) groups is 1. The first-order valence-electron chi connectivity index (χ1n) is 8.25. The summed E-state index contributed by atoms with van der Waals surface area (Å²) in [6, 6.07) is 8.62. The van der Waals surface area contributed by atoms with Gasteiger partial charge in [-0.15, -0.1) is 8.78 Å². The predicted molar refractivity (Wildman–Crippen MR) is 97.6 cm³/mol. The Balaban J connectivity index is 1.71. The Morgan fingerprint density at radius 3 is 2.71 bits per heavy atom. The van der Waals surface area contributed by atoms with Gasteiger partial charge in [-0.3, -0.25) is 4.79 Å². The molecular weight excluding hydrogens is 394 g/mol. The number of benzene rings is 1. The van der Waals surface area contributed by atoms with Crippen molar-refractivity contribution in [3.05, 3.63) is 47.7 Å². The summed E-state index contributed by atoms with van der Waals surface area (Å²) in [6.07, 6.45) is 1.45. The Bertz CT molecular complexity index is 913. The molecule has 0 saturated carbocycles. The van der Waals surface area contributed by atoms with Gasteiger partial charge in [0, 0.05) is 36.6 Å². The number of rotatable bonds is 5. The lowest BCUT2D eigenvalue weighted by Gasteiger charge is -2.18. The van der Waals surface area contributed by atoms with Crippen LogP contribution >= 0.6 is 11.6 Å². The second kappa shape index (κ2) is 7.96. The van der Waals surface area contributed by atoms with E-state index in [1.807, 2.05) is 6.07 Å². The van der Waals surface area contributed by atoms with Gasteiger partial charge in [-0.25, -0.2) is 4.98 Å². The molecule has 1 fully saturated rings. The van der Waals surface area contributed by atoms with Gasteiger partial charge in [0.25, 0.3) is 5.91 Å². The van der Waals surface area contributed by atoms with Crippen molar-refractivity contribution in [3.8, 4) is 11.8 Å². The Labute approximate surface area is 164 Å². The van der Waals surface area contributed by atoms with Crippen LogP contribution in [0.1, 0.15) is 22.3 Å². The average Bonchev–Trinajstić information content (AvgIpc) is 3.07. The summed E-state index contributed by atoms with van der Waals surface area (Å²) >= 11 is 4.69. The van der Waals surface area contributed by atoms with Crippen LogP contribution in [0.25, 0.3) is 0 Å². The van der Waals surface area contributed by atoms with Gasteiger partial charge in [0.2, 0.25) is 0 Å². The first kappa shape index (κ1) is 19.8. The number of halogens is 3. The van der Waals surface area contributed by atoms with Gasteiger partial charge in [-0.05, 0) is 36.8 Å². The molecule has 0 aliphatic carbocycles. The number of aliphatic hydroxyl groups excluding tert-OH is 1. The Morgan fingerprint density at radius 2 is 2.14 bits per heavy atom. The molecule has 1 aromatic carbocycles. The number of aromatic nitrogens is 1. The van der Waals surface area contributed by atoms with Crippen molar-refractivity contribution >= 4 is 29.0 Å². The Kier molecular flexibility index (Phi) is 5.63. The highest BCUT2D eigenvalue weighted by molar-refractivity contribution is 6.20. The molecule has 7 nitrogen and oxygen atoms in total. The number of nitriles is 1. The van der Waals surface area contributed by atoms with E-state index in [0.717, 1.165) is 0 Å². The van der Waals surface area contributed by atoms with Gasteiger partial charge >= 0.3 is 5.57 Å². The summed E-state index contributed by atoms with van der Waals surface area (Å²) in [4.78, 5) is 18.4. The van der Waals surface area contributed by atoms with E-state index in [1.54, 1.807) is 4.90 Å². The van der Waals surface area contributed by atoms with Crippen molar-refractivity contribution in [2.24, 2.45) is 0 Å². The standard InChI is InChI=1S/C18H15ClF2N4O3/c19-18(20,21)28-15-3-1-13(2-4-15)24-17(27)12-7-11(8-22)16(23-9-12)25-6-5-14(26)10-25/h1-4,7,9,14,26H,5-6,10H2,(H,24,27)/t14-/m1/s1. The summed E-state index contributed by atoms with van der Waals surface area (Å²) in [7, 11) is 0. The molecule has 1 aromatic heterocycles. The van der Waals surface area contributed by atoms with Gasteiger partial charge in [0.05, 0.1) is 17.2 Å². The van der Waals surface area contributed by atoms with Crippen molar-refractivity contribution in [1.29, 1.82) is 5.26 Å². The van der Waals surface area contributed by atoms with Crippen LogP contribution in [0, 0.1) is 11.3 Å². The number of hydrogen-bond acceptors (Lipinski definition) is 6. The van der Waals surface area contributed by atoms with Crippen LogP contribution in [0.15, 0.2) is 36.5 Å². The average molecular weight is 409 g/mol. The van der Waals surface area contributed by atoms with E-state index < -0.39 is 17.6 Å². The van der Waals surface area contributed by atoms with E-state index in [-0.39, 0.29) is 16.9 Å². The normalized spacial score (nSPS) is 16.5. The molecule has 146 valence electrons. The van der Waals surface area contributed by atoms with E-state index in [0.29, 0.717) is 31.0 Å². The third-order valence-corrected chi connectivity index (χ3v) is 4.14. The molecule has 2 N–H and O–H groups in total. The molecule has 3 rings (SSSR count). The van der Waals surface area contributed by atoms with Gasteiger partial charge < -0.3 is 20.1 Å². The van der Waals surface area contributed by atoms with Crippen molar-refractivity contribution in [3.63, 3.8) is 0 Å². The number of pyridine rings is 1. The SMILES string of the molecule is N#Cc1cc(C(=O)Nc2ccc(OC(F)(F)Cl)cc2)cnc1N1CC[C@@H](O)C1. The number of amides is 1. The number of hydrogen-bond donors (Lipinski definition) is 2. The molecule has 28 heavy (non-hydrogen) atoms. The zero-order valence-electron chi connectivity index (χ0n) is 14.4. The number of anilines is 2. The summed E-state index contributed by atoms with van der Waals surface area (Å²) in [5, 5.41) is 21.6. The summed E-state index contributed by atoms with van der Waals surface area (Å²) in [6.45, 7) is 0.952. The molecule has 10 heteroatoms. The quantitative estimate of drug-likeness (QED) is 0.738. The molecule has 2 heterocycles. The van der Waals surface area contributed by atoms with E-state index in [9.17, 15) is 23.9 Å². The maximum atomic E-state index is 12.6. The number of carbonyl (C=O) groups excluding carboxylic acids is 1. The van der Waals surface area contributed by atoms with Crippen LogP contribution < -0.4 is 15.0 Å². The number of nitrogens with one attached hydrogen (secondary N) is 1. The van der Waals surface area contributed by atoms with Crippen LogP contribution in [0.5, 0.6) is 5.75 Å². The van der Waals surface area contributed by atoms with Gasteiger partial charge in [0.1, 0.15) is 17.6 Å². The molecule has 1 amide bonds. The zero-order valence-corrected chi connectivity index (χ0v) is 15.2. The minimum Gasteiger partial charge on any atom is -0.420 e. The van der Waals surface area contributed by atoms with E-state index in [2.05, 4.69) is 15.0 Å². The Hall–Kier alpha value is -2.96. The summed E-state index contributed by atoms with van der Waals surface area (Å²) in [5.74, 6) is -0.268. The van der Waals surface area contributed by atoms with Gasteiger partial charge in [0.15, 0.2) is 0 Å². The molecule has 1 aliphatic heterocycles. The highest BCUT2D eigenvalue weighted by Gasteiger charge is 2.27. The van der Waals surface area contributed by atoms with Crippen LogP contribution in [0.4, 0.5) is 20.3 Å². The maximum Gasteiger partial charge on any atom is 0.487 e. The lowest BCUT2D eigenvalue weighted by molar-refractivity contribution is -0.0964. The number of nitrogens with zero attached hydrogens (tertiary/aromatic N) is 3. The second-order valence-corrected chi connectivity index (χ2v) is 6.56. The maximum absolute atomic E-state index is 12.6. The molecule has 0 radical (unpaired) electrons. The molecule has 1 saturated heterocycles. The Morgan fingerprint density at radius 1 is 1.43 bits per heavy atom. The minimum atomic E-state index is -3.82. The number of aliphatic hydroxyl groups is 1. The monoisotopic (exact) mass is 408 g/mol. The van der Waals surface area contributed by atoms with Gasteiger partial charge in [-0.2, -0.15) is 5.26 Å². The van der Waals surface area contributed by atoms with Gasteiger partial charge in [-0.1, -0.05) is 0 Å². The zero-order chi connectivity index (χ0) is 20.3. The topological polar surface area (TPSA) is 98.5 Å². The number of β-amino-alcohol motifs (C(OH)–C–C–N with tert-alkyl or cyclic N) is 1. The first-order valence-corrected chi connectivity index (χ1v) is 8.63. The fourth-order valence-corrected chi connectivity index (χ4v) is 2.88. The third kappa shape index (κ3) is 4.85. The van der Waals surface area contributed by atoms with Crippen molar-refractivity contribution in [2.45, 2.75) is 18.1 Å². The highest BCUT2D eigenvalue weighted by Crippen LogP contribution is 2.26. The molecule has 1 atom stereocenters. The molecule has 0 unspecified atom stereocenters. The second-order valence-electron chi connectivity index (χ2n) is 6.12. The summed E-state index contributed by atoms with van der Waals surface area (Å²) < 4.78 is 29.4. The lowest BCUT2D eigenvalue weighted by atomic mass is 10.1. The molecule has 2 aromatic rings. The van der Waals surface area contributed by atoms with Crippen LogP contribution in [0.3, 0.4) is 0 Å². The lowest BCUT2D eigenvalue weighted by Crippen LogP contribution is -2.23. The summed E-state index contributed by atoms with van der Waals surface area (Å²) in [5.41, 5.74) is -3.11. The minimum absolute atomic E-state index is 0.160. The van der Waals surface area contributed by atoms with E-state index in [4.69, 9.17) is 11.6 Å².